The van der Waals surface area contributed by atoms with Gasteiger partial charge in [-0.3, -0.25) is 0 Å². The van der Waals surface area contributed by atoms with E-state index in [4.69, 9.17) is 69.9 Å². The Morgan fingerprint density at radius 1 is 0.378 bits per heavy atom. The van der Waals surface area contributed by atoms with Crippen molar-refractivity contribution in [2.24, 2.45) is 0 Å². The van der Waals surface area contributed by atoms with Gasteiger partial charge in [0.1, 0.15) is 140 Å². The van der Waals surface area contributed by atoms with Gasteiger partial charge in [0.05, 0.1) is 39.6 Å². The van der Waals surface area contributed by atoms with Crippen molar-refractivity contribution < 1.29 is 160 Å². The second-order valence-corrected chi connectivity index (χ2v) is 19.6. The Morgan fingerprint density at radius 2 is 0.649 bits per heavy atom. The summed E-state index contributed by atoms with van der Waals surface area (Å²) in [6.07, 6.45) is -62.2. The smallest absolute Gasteiger partial charge is 0.400 e. The van der Waals surface area contributed by atoms with Gasteiger partial charge in [-0.15, -0.1) is 0 Å². The lowest BCUT2D eigenvalue weighted by Crippen LogP contribution is -2.70. The van der Waals surface area contributed by atoms with Crippen molar-refractivity contribution in [2.75, 3.05) is 39.6 Å². The summed E-state index contributed by atoms with van der Waals surface area (Å²) in [6, 6.07) is 0. The summed E-state index contributed by atoms with van der Waals surface area (Å²) >= 11 is 0. The van der Waals surface area contributed by atoms with Crippen LogP contribution in [0.25, 0.3) is 0 Å². The van der Waals surface area contributed by atoms with E-state index in [-0.39, 0.29) is 6.42 Å². The molecule has 0 aromatic rings. The molecule has 0 saturated carbocycles. The monoisotopic (exact) mass is 1100 g/mol. The van der Waals surface area contributed by atoms with E-state index in [1.807, 2.05) is 0 Å². The predicted octanol–water partition coefficient (Wildman–Crippen LogP) is -10.9. The number of allylic oxidation sites excluding steroid dienone is 1. The molecule has 13 aliphatic rings. The van der Waals surface area contributed by atoms with E-state index in [0.717, 1.165) is 6.08 Å². The molecule has 74 heavy (non-hydrogen) atoms. The highest BCUT2D eigenvalue weighted by molar-refractivity contribution is 7.81. The van der Waals surface area contributed by atoms with Gasteiger partial charge < -0.3 is 143 Å². The summed E-state index contributed by atoms with van der Waals surface area (Å²) in [6.45, 7) is -5.06. The first-order valence-electron chi connectivity index (χ1n) is 23.5. The van der Waals surface area contributed by atoms with Gasteiger partial charge in [-0.1, -0.05) is 6.92 Å². The molecule has 16 N–H and O–H groups in total. The first kappa shape index (κ1) is 58.3. The van der Waals surface area contributed by atoms with Crippen molar-refractivity contribution in [2.45, 2.75) is 198 Å². The standard InChI is InChI=1S/C40H64O33S/c1-2-3-16(47)65-32-23(54)38-62-13(7-44)29(32)69-40-25(56)34-30(14(8-45)64-40)70-37-22(53)19(50)27(11(5-42)61-37)67-35-20(51)17(48)26(10(4-41)59-35)66-36-21(52)18(49)28(12(6-43)60-36)68-39-24(55)33(72-74(57,58)73-34)31(71-38)15(9-46)63-39/h3,10-15,17-56H,2,4-9H2,1H3/b16-3+/t10-,11-,12-,13-,14-,15-,17-,18-,19-,20-,21-,22-,23-,24-,25-,26-,27-,28-,29+,30+,31+,32-,33-,34-,35-,36-,37-,38-,39-,40-/m1/s1. The third kappa shape index (κ3) is 11.4. The predicted molar refractivity (Wildman–Crippen MR) is 222 cm³/mol. The Labute approximate surface area is 419 Å². The normalized spacial score (nSPS) is 52.3. The van der Waals surface area contributed by atoms with Crippen LogP contribution in [-0.4, -0.2) is 314 Å². The molecule has 30 atom stereocenters. The second kappa shape index (κ2) is 24.2. The Bertz CT molecular complexity index is 1950. The molecule has 13 heterocycles. The zero-order valence-electron chi connectivity index (χ0n) is 38.9. The Hall–Kier alpha value is -1.87. The molecule has 428 valence electrons. The molecular weight excluding hydrogens is 1040 g/mol. The van der Waals surface area contributed by atoms with Crippen LogP contribution >= 0.6 is 0 Å². The van der Waals surface area contributed by atoms with Crippen LogP contribution in [0.4, 0.5) is 0 Å². The Balaban J connectivity index is 1.26. The van der Waals surface area contributed by atoms with E-state index in [1.165, 1.54) is 0 Å². The van der Waals surface area contributed by atoms with E-state index >= 15 is 0 Å². The lowest BCUT2D eigenvalue weighted by molar-refractivity contribution is -0.405. The van der Waals surface area contributed by atoms with E-state index in [9.17, 15) is 90.1 Å². The van der Waals surface area contributed by atoms with E-state index in [2.05, 4.69) is 0 Å². The molecule has 12 bridgehead atoms. The SMILES string of the molecule is CC/C=C(\O)O[C@@H]1[C@@H](O)[C@H]2O[C@@H]3[C@@H]4OS(=O)(=O)O[C@@H]5[C@@H](O)[C@@H](O[C@H]1[C@@H](CO)O2)O[C@H](CO)[C@@H]5O[C@H]1O[C@H](CO)[C@@H](O[C@H]2O[C@H](CO)[C@@H](O[C@H]5O[C@H](CO)[C@@H](O[C@@H](O[C@@H]3CO)[C@@H]4O)[C@H](O)[C@H]5O)[C@H](O)[C@H]2O)[C@H](O)[C@H]1O. The van der Waals surface area contributed by atoms with Crippen LogP contribution < -0.4 is 0 Å². The number of hydrogen-bond acceptors (Lipinski definition) is 33. The maximum atomic E-state index is 14.3. The molecule has 13 rings (SSSR count). The number of fused-ring (bicyclic) bond motifs is 3. The summed E-state index contributed by atoms with van der Waals surface area (Å²) < 4.78 is 115. The summed E-state index contributed by atoms with van der Waals surface area (Å²) in [7, 11) is -5.84. The lowest BCUT2D eigenvalue weighted by atomic mass is 9.94. The van der Waals surface area contributed by atoms with Gasteiger partial charge in [0.15, 0.2) is 43.8 Å². The molecule has 0 radical (unpaired) electrons. The quantitative estimate of drug-likeness (QED) is 0.0953. The average Bonchev–Trinajstić information content (AvgIpc) is 3.37. The average molecular weight is 1100 g/mol. The highest BCUT2D eigenvalue weighted by Crippen LogP contribution is 2.41. The van der Waals surface area contributed by atoms with Crippen molar-refractivity contribution in [3.63, 3.8) is 0 Å². The number of aliphatic hydroxyl groups excluding tert-OH is 16. The minimum atomic E-state index is -5.84. The summed E-state index contributed by atoms with van der Waals surface area (Å²) in [5, 5.41) is 179. The first-order chi connectivity index (χ1) is 35.2. The van der Waals surface area contributed by atoms with Gasteiger partial charge in [-0.05, 0) is 12.5 Å². The number of ether oxygens (including phenoxy) is 13. The molecule has 13 aliphatic heterocycles. The Morgan fingerprint density at radius 3 is 0.973 bits per heavy atom. The van der Waals surface area contributed by atoms with Crippen LogP contribution in [0.5, 0.6) is 0 Å². The molecule has 0 spiro atoms. The maximum absolute atomic E-state index is 14.3. The van der Waals surface area contributed by atoms with Crippen molar-refractivity contribution in [1.82, 2.24) is 0 Å². The first-order valence-corrected chi connectivity index (χ1v) is 24.9. The largest absolute Gasteiger partial charge is 0.481 e. The topological polar surface area (TPSA) is 496 Å². The molecule has 0 aromatic heterocycles. The molecule has 0 amide bonds. The fourth-order valence-corrected chi connectivity index (χ4v) is 10.9. The minimum absolute atomic E-state index is 0.155. The van der Waals surface area contributed by atoms with Gasteiger partial charge in [0.2, 0.25) is 0 Å². The fraction of sp³-hybridized carbons (Fsp3) is 0.950. The van der Waals surface area contributed by atoms with Crippen LogP contribution in [0.15, 0.2) is 12.0 Å². The zero-order valence-corrected chi connectivity index (χ0v) is 39.7. The molecule has 13 saturated heterocycles. The highest BCUT2D eigenvalue weighted by atomic mass is 32.3. The third-order valence-corrected chi connectivity index (χ3v) is 14.6. The van der Waals surface area contributed by atoms with E-state index in [0.29, 0.717) is 0 Å². The van der Waals surface area contributed by atoms with E-state index in [1.54, 1.807) is 6.92 Å². The van der Waals surface area contributed by atoms with Crippen LogP contribution in [0.1, 0.15) is 13.3 Å². The number of hydrogen-bond donors (Lipinski definition) is 16. The van der Waals surface area contributed by atoms with Gasteiger partial charge in [0.25, 0.3) is 5.95 Å². The lowest BCUT2D eigenvalue weighted by Gasteiger charge is -2.51. The van der Waals surface area contributed by atoms with Crippen LogP contribution in [-0.2, 0) is 80.3 Å². The molecule has 33 nitrogen and oxygen atoms in total. The molecule has 13 fully saturated rings. The number of rotatable bonds is 9. The zero-order chi connectivity index (χ0) is 53.7. The Kier molecular flexibility index (Phi) is 19.1. The summed E-state index contributed by atoms with van der Waals surface area (Å²) in [4.78, 5) is 0. The third-order valence-electron chi connectivity index (χ3n) is 13.7. The molecule has 34 heteroatoms. The molecule has 0 aromatic carbocycles. The molecule has 0 unspecified atom stereocenters. The van der Waals surface area contributed by atoms with Crippen molar-refractivity contribution in [3.8, 4) is 0 Å². The van der Waals surface area contributed by atoms with Crippen molar-refractivity contribution in [3.05, 3.63) is 12.0 Å². The maximum Gasteiger partial charge on any atom is 0.400 e. The van der Waals surface area contributed by atoms with Gasteiger partial charge in [-0.2, -0.15) is 8.42 Å². The van der Waals surface area contributed by atoms with Crippen LogP contribution in [0.3, 0.4) is 0 Å². The fourth-order valence-electron chi connectivity index (χ4n) is 9.89. The van der Waals surface area contributed by atoms with Crippen molar-refractivity contribution >= 4 is 10.4 Å². The minimum Gasteiger partial charge on any atom is -0.481 e. The number of aliphatic hydroxyl groups is 16. The van der Waals surface area contributed by atoms with Crippen LogP contribution in [0, 0.1) is 0 Å². The highest BCUT2D eigenvalue weighted by Gasteiger charge is 2.61. The second-order valence-electron chi connectivity index (χ2n) is 18.4. The summed E-state index contributed by atoms with van der Waals surface area (Å²) in [5.74, 6) is -0.825. The van der Waals surface area contributed by atoms with Crippen molar-refractivity contribution in [1.29, 1.82) is 0 Å². The van der Waals surface area contributed by atoms with Gasteiger partial charge in [-0.25, -0.2) is 8.37 Å². The molecular formula is C40H64O33S. The van der Waals surface area contributed by atoms with Gasteiger partial charge >= 0.3 is 10.4 Å². The summed E-state index contributed by atoms with van der Waals surface area (Å²) in [5.41, 5.74) is 0. The van der Waals surface area contributed by atoms with Gasteiger partial charge in [0, 0.05) is 0 Å². The van der Waals surface area contributed by atoms with Crippen LogP contribution in [0.2, 0.25) is 0 Å². The molecule has 0 aliphatic carbocycles. The van der Waals surface area contributed by atoms with E-state index < -0.39 is 240 Å².